The number of ether oxygens (including phenoxy) is 1. The van der Waals surface area contributed by atoms with E-state index in [4.69, 9.17) is 16.3 Å². The Hall–Kier alpha value is -5.03. The van der Waals surface area contributed by atoms with Crippen molar-refractivity contribution in [3.63, 3.8) is 0 Å². The lowest BCUT2D eigenvalue weighted by Crippen LogP contribution is -2.51. The molecule has 252 valence electrons. The number of amides is 2. The number of hydrogen-bond acceptors (Lipinski definition) is 10. The zero-order valence-corrected chi connectivity index (χ0v) is 26.3. The summed E-state index contributed by atoms with van der Waals surface area (Å²) in [5.74, 6) is -0.960. The first kappa shape index (κ1) is 32.9. The van der Waals surface area contributed by atoms with Crippen LogP contribution in [0.3, 0.4) is 0 Å². The number of carbonyl (C=O) groups excluding carboxylic acids is 2. The van der Waals surface area contributed by atoms with Crippen molar-refractivity contribution in [1.29, 1.82) is 0 Å². The number of nitrogens with zero attached hydrogens (tertiary/aromatic N) is 8. The minimum absolute atomic E-state index is 0.0732. The number of anilines is 2. The van der Waals surface area contributed by atoms with Crippen LogP contribution in [0.15, 0.2) is 41.3 Å². The predicted molar refractivity (Wildman–Crippen MR) is 167 cm³/mol. The fourth-order valence-electron chi connectivity index (χ4n) is 5.66. The van der Waals surface area contributed by atoms with E-state index in [1.807, 2.05) is 17.9 Å². The number of nitrogens with one attached hydrogen (secondary N) is 1. The summed E-state index contributed by atoms with van der Waals surface area (Å²) in [6.07, 6.45) is -0.687. The van der Waals surface area contributed by atoms with Gasteiger partial charge in [0.05, 0.1) is 24.6 Å². The van der Waals surface area contributed by atoms with Crippen LogP contribution in [-0.2, 0) is 28.7 Å². The quantitative estimate of drug-likeness (QED) is 0.277. The van der Waals surface area contributed by atoms with Crippen LogP contribution in [0.25, 0.3) is 11.4 Å². The van der Waals surface area contributed by atoms with Crippen LogP contribution in [0.5, 0.6) is 5.75 Å². The van der Waals surface area contributed by atoms with Crippen molar-refractivity contribution in [1.82, 2.24) is 34.0 Å². The van der Waals surface area contributed by atoms with Crippen molar-refractivity contribution in [3.8, 4) is 5.75 Å². The molecule has 6 heterocycles. The van der Waals surface area contributed by atoms with Crippen molar-refractivity contribution < 1.29 is 32.6 Å². The number of aromatic nitrogens is 6. The third-order valence-corrected chi connectivity index (χ3v) is 8.29. The van der Waals surface area contributed by atoms with Crippen LogP contribution in [0.4, 0.5) is 24.5 Å². The lowest BCUT2D eigenvalue weighted by atomic mass is 10.1. The van der Waals surface area contributed by atoms with Gasteiger partial charge in [0.15, 0.2) is 16.7 Å². The topological polar surface area (TPSA) is 160 Å². The van der Waals surface area contributed by atoms with Crippen LogP contribution >= 0.6 is 11.6 Å². The van der Waals surface area contributed by atoms with Crippen LogP contribution in [0.1, 0.15) is 41.0 Å². The molecule has 0 atom stereocenters. The average molecular weight is 688 g/mol. The Kier molecular flexibility index (Phi) is 9.07. The predicted octanol–water partition coefficient (Wildman–Crippen LogP) is 3.03. The lowest BCUT2D eigenvalue weighted by Gasteiger charge is -2.36. The summed E-state index contributed by atoms with van der Waals surface area (Å²) in [4.78, 5) is 55.9. The molecule has 18 heteroatoms. The molecule has 0 bridgehead atoms. The molecular weight excluding hydrogens is 659 g/mol. The van der Waals surface area contributed by atoms with Gasteiger partial charge < -0.3 is 29.5 Å². The van der Waals surface area contributed by atoms with Crippen molar-refractivity contribution in [2.24, 2.45) is 0 Å². The number of hydrogen-bond donors (Lipinski definition) is 2. The van der Waals surface area contributed by atoms with Crippen LogP contribution < -0.4 is 15.8 Å². The summed E-state index contributed by atoms with van der Waals surface area (Å²) >= 11 is 5.99. The zero-order chi connectivity index (χ0) is 34.2. The van der Waals surface area contributed by atoms with E-state index in [0.29, 0.717) is 37.2 Å². The lowest BCUT2D eigenvalue weighted by molar-refractivity contribution is -0.141. The summed E-state index contributed by atoms with van der Waals surface area (Å²) in [7, 11) is 0. The second kappa shape index (κ2) is 13.2. The van der Waals surface area contributed by atoms with E-state index in [-0.39, 0.29) is 61.2 Å². The van der Waals surface area contributed by atoms with Gasteiger partial charge in [-0.25, -0.2) is 9.97 Å². The number of rotatable bonds is 7. The Balaban J connectivity index is 1.35. The molecule has 0 spiro atoms. The molecule has 14 nitrogen and oxygen atoms in total. The first-order valence-electron chi connectivity index (χ1n) is 15.0. The third kappa shape index (κ3) is 6.42. The van der Waals surface area contributed by atoms with Gasteiger partial charge in [0.1, 0.15) is 23.7 Å². The van der Waals surface area contributed by atoms with Crippen molar-refractivity contribution in [2.75, 3.05) is 49.6 Å². The highest BCUT2D eigenvalue weighted by Crippen LogP contribution is 2.31. The molecule has 1 saturated heterocycles. The molecule has 2 amide bonds. The zero-order valence-electron chi connectivity index (χ0n) is 25.5. The number of alkyl halides is 3. The molecule has 0 unspecified atom stereocenters. The molecular formula is C30H29ClF3N9O5. The molecule has 0 aromatic carbocycles. The summed E-state index contributed by atoms with van der Waals surface area (Å²) in [6, 6.07) is 4.62. The molecule has 4 aromatic heterocycles. The first-order chi connectivity index (χ1) is 23.0. The van der Waals surface area contributed by atoms with Gasteiger partial charge in [-0.05, 0) is 42.7 Å². The SMILES string of the molecule is CCc1c(N2CCN(C(=O)c3ncccc3O)CC2)c(=O)n2nc(C3=CCOCC3)nc2n1CC(=O)Nc1ccc(C(F)(F)F)nc1Cl. The van der Waals surface area contributed by atoms with E-state index in [1.165, 1.54) is 27.8 Å². The number of pyridine rings is 2. The van der Waals surface area contributed by atoms with Gasteiger partial charge in [-0.1, -0.05) is 24.6 Å². The number of piperazine rings is 1. The maximum absolute atomic E-state index is 14.1. The highest BCUT2D eigenvalue weighted by molar-refractivity contribution is 6.32. The van der Waals surface area contributed by atoms with E-state index in [2.05, 4.69) is 25.4 Å². The average Bonchev–Trinajstić information content (AvgIpc) is 3.53. The molecule has 48 heavy (non-hydrogen) atoms. The van der Waals surface area contributed by atoms with Gasteiger partial charge in [0, 0.05) is 32.4 Å². The maximum Gasteiger partial charge on any atom is 0.433 e. The fourth-order valence-corrected chi connectivity index (χ4v) is 5.86. The van der Waals surface area contributed by atoms with Gasteiger partial charge in [-0.2, -0.15) is 22.7 Å². The minimum atomic E-state index is -4.72. The largest absolute Gasteiger partial charge is 0.505 e. The Morgan fingerprint density at radius 3 is 2.54 bits per heavy atom. The molecule has 2 aliphatic rings. The van der Waals surface area contributed by atoms with Gasteiger partial charge in [-0.15, -0.1) is 5.10 Å². The normalized spacial score (nSPS) is 15.5. The fraction of sp³-hybridized carbons (Fsp3) is 0.367. The van der Waals surface area contributed by atoms with Crippen LogP contribution in [0.2, 0.25) is 5.15 Å². The van der Waals surface area contributed by atoms with Gasteiger partial charge >= 0.3 is 6.18 Å². The van der Waals surface area contributed by atoms with Crippen molar-refractivity contribution in [2.45, 2.75) is 32.5 Å². The van der Waals surface area contributed by atoms with E-state index < -0.39 is 40.9 Å². The number of aromatic hydroxyl groups is 1. The molecule has 0 radical (unpaired) electrons. The summed E-state index contributed by atoms with van der Waals surface area (Å²) < 4.78 is 47.4. The van der Waals surface area contributed by atoms with E-state index in [1.54, 1.807) is 0 Å². The number of halogens is 4. The molecule has 2 aliphatic heterocycles. The molecule has 6 rings (SSSR count). The van der Waals surface area contributed by atoms with E-state index in [0.717, 1.165) is 16.2 Å². The molecule has 4 aromatic rings. The van der Waals surface area contributed by atoms with Crippen LogP contribution in [-0.4, -0.2) is 90.3 Å². The Morgan fingerprint density at radius 1 is 1.12 bits per heavy atom. The van der Waals surface area contributed by atoms with E-state index >= 15 is 0 Å². The standard InChI is InChI=1S/C30H29ClF3N9O5/c1-2-19-24(40-10-12-41(13-11-40)27(46)23-20(44)4-3-9-35-23)28(47)43-29(38-26(39-43)17-7-14-48-15-8-17)42(19)16-22(45)36-18-5-6-21(30(32,33)34)37-25(18)31/h3-7,9,44H,2,8,10-16H2,1H3,(H,36,45). The summed E-state index contributed by atoms with van der Waals surface area (Å²) in [6.45, 7) is 3.13. The van der Waals surface area contributed by atoms with Crippen molar-refractivity contribution in [3.05, 3.63) is 75.0 Å². The summed E-state index contributed by atoms with van der Waals surface area (Å²) in [5.41, 5.74) is -0.384. The van der Waals surface area contributed by atoms with Crippen LogP contribution in [0, 0.1) is 0 Å². The Labute approximate surface area is 275 Å². The highest BCUT2D eigenvalue weighted by Gasteiger charge is 2.33. The summed E-state index contributed by atoms with van der Waals surface area (Å²) in [5, 5.41) is 16.6. The van der Waals surface area contributed by atoms with Crippen molar-refractivity contribution >= 4 is 46.1 Å². The first-order valence-corrected chi connectivity index (χ1v) is 15.4. The van der Waals surface area contributed by atoms with E-state index in [9.17, 15) is 32.7 Å². The Bertz CT molecular complexity index is 1990. The number of fused-ring (bicyclic) bond motifs is 1. The third-order valence-electron chi connectivity index (χ3n) is 8.00. The maximum atomic E-state index is 14.1. The smallest absolute Gasteiger partial charge is 0.433 e. The van der Waals surface area contributed by atoms with Gasteiger partial charge in [0.2, 0.25) is 11.7 Å². The molecule has 0 aliphatic carbocycles. The second-order valence-corrected chi connectivity index (χ2v) is 11.3. The molecule has 1 fully saturated rings. The van der Waals surface area contributed by atoms with Gasteiger partial charge in [0.25, 0.3) is 11.5 Å². The Morgan fingerprint density at radius 2 is 1.90 bits per heavy atom. The highest BCUT2D eigenvalue weighted by atomic mass is 35.5. The van der Waals surface area contributed by atoms with Gasteiger partial charge in [-0.3, -0.25) is 14.4 Å². The second-order valence-electron chi connectivity index (χ2n) is 11.0. The number of carbonyl (C=O) groups is 2. The monoisotopic (exact) mass is 687 g/mol. The molecule has 2 N–H and O–H groups in total. The minimum Gasteiger partial charge on any atom is -0.505 e. The molecule has 0 saturated carbocycles.